The van der Waals surface area contributed by atoms with E-state index in [1.165, 1.54) is 29.3 Å². The molecule has 2 rings (SSSR count). The molecule has 0 aliphatic carbocycles. The lowest BCUT2D eigenvalue weighted by Crippen LogP contribution is -2.23. The average molecular weight is 297 g/mol. The summed E-state index contributed by atoms with van der Waals surface area (Å²) < 4.78 is 5.29. The first-order chi connectivity index (χ1) is 9.74. The van der Waals surface area contributed by atoms with Gasteiger partial charge in [-0.2, -0.15) is 0 Å². The fourth-order valence-electron chi connectivity index (χ4n) is 2.59. The van der Waals surface area contributed by atoms with Crippen LogP contribution in [0.15, 0.2) is 0 Å². The number of nitrogens with zero attached hydrogens (tertiary/aromatic N) is 2. The van der Waals surface area contributed by atoms with Gasteiger partial charge in [0.2, 0.25) is 0 Å². The number of hydrogen-bond donors (Lipinski definition) is 1. The van der Waals surface area contributed by atoms with Crippen LogP contribution >= 0.6 is 11.3 Å². The topological polar surface area (TPSA) is 37.4 Å². The van der Waals surface area contributed by atoms with Crippen molar-refractivity contribution in [3.8, 4) is 0 Å². The molecule has 5 heteroatoms. The number of thiazole rings is 1. The monoisotopic (exact) mass is 297 g/mol. The maximum Gasteiger partial charge on any atom is 0.185 e. The second-order valence-corrected chi connectivity index (χ2v) is 6.66. The molecule has 1 aliphatic heterocycles. The Balaban J connectivity index is 2.09. The molecule has 0 saturated carbocycles. The van der Waals surface area contributed by atoms with E-state index in [0.717, 1.165) is 37.8 Å². The van der Waals surface area contributed by atoms with Gasteiger partial charge in [-0.3, -0.25) is 0 Å². The van der Waals surface area contributed by atoms with Crippen LogP contribution in [0.2, 0.25) is 0 Å². The molecule has 20 heavy (non-hydrogen) atoms. The van der Waals surface area contributed by atoms with Gasteiger partial charge in [-0.15, -0.1) is 11.3 Å². The summed E-state index contributed by atoms with van der Waals surface area (Å²) in [6.07, 6.45) is 3.90. The molecule has 2 heterocycles. The minimum atomic E-state index is 0.613. The molecular weight excluding hydrogens is 270 g/mol. The van der Waals surface area contributed by atoms with Gasteiger partial charge in [0.05, 0.1) is 12.3 Å². The van der Waals surface area contributed by atoms with E-state index in [4.69, 9.17) is 9.72 Å². The van der Waals surface area contributed by atoms with E-state index in [2.05, 4.69) is 24.1 Å². The molecule has 0 spiro atoms. The van der Waals surface area contributed by atoms with Gasteiger partial charge in [-0.25, -0.2) is 4.98 Å². The Kier molecular flexibility index (Phi) is 6.26. The highest BCUT2D eigenvalue weighted by Crippen LogP contribution is 2.29. The standard InChI is InChI=1S/C15H27N3OS/c1-4-16-10-14-13(11-19-3)17-15(20-14)18-8-5-6-12(2)7-9-18/h12,16H,4-11H2,1-3H3. The zero-order valence-corrected chi connectivity index (χ0v) is 13.8. The Morgan fingerprint density at radius 2 is 2.25 bits per heavy atom. The van der Waals surface area contributed by atoms with E-state index in [-0.39, 0.29) is 0 Å². The van der Waals surface area contributed by atoms with Crippen LogP contribution in [0.25, 0.3) is 0 Å². The van der Waals surface area contributed by atoms with Crippen LogP contribution in [0.5, 0.6) is 0 Å². The van der Waals surface area contributed by atoms with E-state index in [9.17, 15) is 0 Å². The highest BCUT2D eigenvalue weighted by molar-refractivity contribution is 7.15. The van der Waals surface area contributed by atoms with Gasteiger partial charge in [0.25, 0.3) is 0 Å². The van der Waals surface area contributed by atoms with E-state index < -0.39 is 0 Å². The number of aromatic nitrogens is 1. The Bertz CT molecular complexity index is 408. The normalized spacial score (nSPS) is 20.1. The quantitative estimate of drug-likeness (QED) is 0.876. The number of methoxy groups -OCH3 is 1. The van der Waals surface area contributed by atoms with Crippen molar-refractivity contribution in [3.05, 3.63) is 10.6 Å². The molecule has 1 aromatic rings. The van der Waals surface area contributed by atoms with Gasteiger partial charge in [-0.1, -0.05) is 13.8 Å². The van der Waals surface area contributed by atoms with Gasteiger partial charge >= 0.3 is 0 Å². The third-order valence-electron chi connectivity index (χ3n) is 3.87. The van der Waals surface area contributed by atoms with Crippen LogP contribution in [0, 0.1) is 5.92 Å². The minimum Gasteiger partial charge on any atom is -0.378 e. The molecule has 114 valence electrons. The molecule has 1 aromatic heterocycles. The Morgan fingerprint density at radius 3 is 3.00 bits per heavy atom. The third-order valence-corrected chi connectivity index (χ3v) is 5.03. The summed E-state index contributed by atoms with van der Waals surface area (Å²) in [6, 6.07) is 0. The predicted molar refractivity (Wildman–Crippen MR) is 85.4 cm³/mol. The van der Waals surface area contributed by atoms with Crippen LogP contribution in [-0.4, -0.2) is 31.7 Å². The largest absolute Gasteiger partial charge is 0.378 e. The fourth-order valence-corrected chi connectivity index (χ4v) is 3.67. The van der Waals surface area contributed by atoms with Gasteiger partial charge in [0.1, 0.15) is 0 Å². The summed E-state index contributed by atoms with van der Waals surface area (Å²) in [6.45, 7) is 9.28. The summed E-state index contributed by atoms with van der Waals surface area (Å²) >= 11 is 1.83. The zero-order chi connectivity index (χ0) is 14.4. The number of nitrogens with one attached hydrogen (secondary N) is 1. The first kappa shape index (κ1) is 15.7. The van der Waals surface area contributed by atoms with Gasteiger partial charge < -0.3 is 15.0 Å². The Morgan fingerprint density at radius 1 is 1.40 bits per heavy atom. The molecule has 1 unspecified atom stereocenters. The Hall–Kier alpha value is -0.650. The average Bonchev–Trinajstić information content (AvgIpc) is 2.70. The summed E-state index contributed by atoms with van der Waals surface area (Å²) in [5, 5.41) is 4.58. The number of ether oxygens (including phenoxy) is 1. The second kappa shape index (κ2) is 7.96. The third kappa shape index (κ3) is 4.17. The zero-order valence-electron chi connectivity index (χ0n) is 12.9. The van der Waals surface area contributed by atoms with Crippen molar-refractivity contribution in [2.45, 2.75) is 46.3 Å². The predicted octanol–water partition coefficient (Wildman–Crippen LogP) is 3.03. The van der Waals surface area contributed by atoms with E-state index >= 15 is 0 Å². The molecule has 0 amide bonds. The molecule has 1 N–H and O–H groups in total. The van der Waals surface area contributed by atoms with E-state index in [1.54, 1.807) is 7.11 Å². The molecular formula is C15H27N3OS. The van der Waals surface area contributed by atoms with Crippen molar-refractivity contribution < 1.29 is 4.74 Å². The second-order valence-electron chi connectivity index (χ2n) is 5.60. The van der Waals surface area contributed by atoms with Crippen molar-refractivity contribution >= 4 is 16.5 Å². The van der Waals surface area contributed by atoms with Crippen molar-refractivity contribution in [1.29, 1.82) is 0 Å². The first-order valence-electron chi connectivity index (χ1n) is 7.67. The minimum absolute atomic E-state index is 0.613. The van der Waals surface area contributed by atoms with Crippen LogP contribution in [-0.2, 0) is 17.9 Å². The maximum atomic E-state index is 5.29. The number of hydrogen-bond acceptors (Lipinski definition) is 5. The van der Waals surface area contributed by atoms with Crippen molar-refractivity contribution in [3.63, 3.8) is 0 Å². The molecule has 1 aliphatic rings. The molecule has 1 fully saturated rings. The molecule has 0 bridgehead atoms. The van der Waals surface area contributed by atoms with Gasteiger partial charge in [0, 0.05) is 31.6 Å². The van der Waals surface area contributed by atoms with Crippen LogP contribution in [0.1, 0.15) is 43.7 Å². The smallest absolute Gasteiger partial charge is 0.185 e. The highest BCUT2D eigenvalue weighted by Gasteiger charge is 2.19. The van der Waals surface area contributed by atoms with Crippen LogP contribution < -0.4 is 10.2 Å². The summed E-state index contributed by atoms with van der Waals surface area (Å²) in [5.74, 6) is 0.847. The first-order valence-corrected chi connectivity index (χ1v) is 8.49. The number of anilines is 1. The highest BCUT2D eigenvalue weighted by atomic mass is 32.1. The summed E-state index contributed by atoms with van der Waals surface area (Å²) in [7, 11) is 1.74. The fraction of sp³-hybridized carbons (Fsp3) is 0.800. The summed E-state index contributed by atoms with van der Waals surface area (Å²) in [4.78, 5) is 8.60. The number of rotatable bonds is 6. The molecule has 1 atom stereocenters. The van der Waals surface area contributed by atoms with Crippen molar-refractivity contribution in [1.82, 2.24) is 10.3 Å². The Labute approximate surface area is 126 Å². The lowest BCUT2D eigenvalue weighted by atomic mass is 10.0. The SMILES string of the molecule is CCNCc1sc(N2CCCC(C)CC2)nc1COC. The van der Waals surface area contributed by atoms with Gasteiger partial charge in [-0.05, 0) is 31.7 Å². The lowest BCUT2D eigenvalue weighted by Gasteiger charge is -2.18. The van der Waals surface area contributed by atoms with E-state index in [1.807, 2.05) is 11.3 Å². The van der Waals surface area contributed by atoms with Crippen molar-refractivity contribution in [2.24, 2.45) is 5.92 Å². The van der Waals surface area contributed by atoms with Crippen LogP contribution in [0.4, 0.5) is 5.13 Å². The molecule has 0 radical (unpaired) electrons. The molecule has 0 aromatic carbocycles. The van der Waals surface area contributed by atoms with Crippen molar-refractivity contribution in [2.75, 3.05) is 31.6 Å². The molecule has 1 saturated heterocycles. The van der Waals surface area contributed by atoms with Gasteiger partial charge in [0.15, 0.2) is 5.13 Å². The molecule has 4 nitrogen and oxygen atoms in total. The van der Waals surface area contributed by atoms with E-state index in [0.29, 0.717) is 6.61 Å². The summed E-state index contributed by atoms with van der Waals surface area (Å²) in [5.41, 5.74) is 1.10. The van der Waals surface area contributed by atoms with Crippen LogP contribution in [0.3, 0.4) is 0 Å². The maximum absolute atomic E-state index is 5.29. The lowest BCUT2D eigenvalue weighted by molar-refractivity contribution is 0.181.